The van der Waals surface area contributed by atoms with Gasteiger partial charge in [0.05, 0.1) is 5.60 Å². The Morgan fingerprint density at radius 3 is 2.44 bits per heavy atom. The smallest absolute Gasteiger partial charge is 0.0603 e. The summed E-state index contributed by atoms with van der Waals surface area (Å²) in [5.41, 5.74) is -0.527. The second-order valence-corrected chi connectivity index (χ2v) is 5.85. The normalized spacial score (nSPS) is 20.2. The maximum atomic E-state index is 9.55. The molecule has 3 nitrogen and oxygen atoms in total. The highest BCUT2D eigenvalue weighted by molar-refractivity contribution is 4.71. The Balaban J connectivity index is 1.95. The number of nitrogens with zero attached hydrogens (tertiary/aromatic N) is 1. The topological polar surface area (TPSA) is 35.5 Å². The lowest BCUT2D eigenvalue weighted by Gasteiger charge is -2.29. The molecule has 16 heavy (non-hydrogen) atoms. The number of piperidine rings is 1. The molecular formula is C13H28N2O. The van der Waals surface area contributed by atoms with Gasteiger partial charge in [0.1, 0.15) is 0 Å². The van der Waals surface area contributed by atoms with Gasteiger partial charge in [0.25, 0.3) is 0 Å². The van der Waals surface area contributed by atoms with Crippen LogP contribution in [0.25, 0.3) is 0 Å². The van der Waals surface area contributed by atoms with Gasteiger partial charge in [0, 0.05) is 0 Å². The molecule has 0 amide bonds. The summed E-state index contributed by atoms with van der Waals surface area (Å²) in [6.45, 7) is 8.28. The van der Waals surface area contributed by atoms with Crippen molar-refractivity contribution < 1.29 is 5.11 Å². The molecule has 0 atom stereocenters. The van der Waals surface area contributed by atoms with Crippen molar-refractivity contribution in [2.45, 2.75) is 45.1 Å². The van der Waals surface area contributed by atoms with Crippen LogP contribution in [0.1, 0.15) is 39.5 Å². The molecule has 0 aromatic carbocycles. The Morgan fingerprint density at radius 1 is 1.25 bits per heavy atom. The molecule has 0 aliphatic carbocycles. The summed E-state index contributed by atoms with van der Waals surface area (Å²) in [7, 11) is 2.21. The van der Waals surface area contributed by atoms with Crippen LogP contribution in [0.15, 0.2) is 0 Å². The highest BCUT2D eigenvalue weighted by atomic mass is 16.3. The van der Waals surface area contributed by atoms with Gasteiger partial charge >= 0.3 is 0 Å². The molecule has 0 spiro atoms. The standard InChI is InChI=1S/C13H28N2O/c1-13(2,16)7-9-14-8-4-12-5-10-15(3)11-6-12/h12,14,16H,4-11H2,1-3H3. The Kier molecular flexibility index (Phi) is 5.73. The molecule has 1 heterocycles. The molecule has 1 aliphatic heterocycles. The van der Waals surface area contributed by atoms with Gasteiger partial charge in [0.2, 0.25) is 0 Å². The fourth-order valence-electron chi connectivity index (χ4n) is 2.18. The summed E-state index contributed by atoms with van der Waals surface area (Å²) < 4.78 is 0. The van der Waals surface area contributed by atoms with E-state index in [0.29, 0.717) is 0 Å². The number of nitrogens with one attached hydrogen (secondary N) is 1. The molecule has 1 rings (SSSR count). The zero-order valence-corrected chi connectivity index (χ0v) is 11.1. The quantitative estimate of drug-likeness (QED) is 0.676. The summed E-state index contributed by atoms with van der Waals surface area (Å²) in [5.74, 6) is 0.908. The largest absolute Gasteiger partial charge is 0.390 e. The Morgan fingerprint density at radius 2 is 1.88 bits per heavy atom. The van der Waals surface area contributed by atoms with Gasteiger partial charge in [-0.05, 0) is 78.7 Å². The van der Waals surface area contributed by atoms with Crippen molar-refractivity contribution in [2.24, 2.45) is 5.92 Å². The van der Waals surface area contributed by atoms with E-state index in [2.05, 4.69) is 17.3 Å². The molecule has 1 aliphatic rings. The monoisotopic (exact) mass is 228 g/mol. The summed E-state index contributed by atoms with van der Waals surface area (Å²) in [6, 6.07) is 0. The number of hydrogen-bond acceptors (Lipinski definition) is 3. The van der Waals surface area contributed by atoms with Crippen molar-refractivity contribution in [3.8, 4) is 0 Å². The van der Waals surface area contributed by atoms with Crippen molar-refractivity contribution in [3.63, 3.8) is 0 Å². The SMILES string of the molecule is CN1CCC(CCNCCC(C)(C)O)CC1. The first kappa shape index (κ1) is 13.9. The first-order valence-corrected chi connectivity index (χ1v) is 6.59. The van der Waals surface area contributed by atoms with E-state index in [1.807, 2.05) is 13.8 Å². The van der Waals surface area contributed by atoms with Crippen LogP contribution in [0.2, 0.25) is 0 Å². The zero-order chi connectivity index (χ0) is 12.0. The number of aliphatic hydroxyl groups is 1. The van der Waals surface area contributed by atoms with Crippen LogP contribution in [0.3, 0.4) is 0 Å². The van der Waals surface area contributed by atoms with Crippen molar-refractivity contribution in [1.29, 1.82) is 0 Å². The molecule has 1 saturated heterocycles. The number of hydrogen-bond donors (Lipinski definition) is 2. The van der Waals surface area contributed by atoms with Crippen LogP contribution in [-0.4, -0.2) is 48.8 Å². The average Bonchev–Trinajstić information content (AvgIpc) is 2.19. The summed E-state index contributed by atoms with van der Waals surface area (Å²) in [6.07, 6.45) is 4.83. The molecule has 1 fully saturated rings. The highest BCUT2D eigenvalue weighted by Crippen LogP contribution is 2.18. The Hall–Kier alpha value is -0.120. The Labute approximate surface area is 100 Å². The van der Waals surface area contributed by atoms with E-state index in [9.17, 15) is 5.11 Å². The van der Waals surface area contributed by atoms with E-state index < -0.39 is 5.60 Å². The van der Waals surface area contributed by atoms with E-state index in [4.69, 9.17) is 0 Å². The first-order valence-electron chi connectivity index (χ1n) is 6.59. The summed E-state index contributed by atoms with van der Waals surface area (Å²) in [4.78, 5) is 2.41. The van der Waals surface area contributed by atoms with E-state index in [1.54, 1.807) is 0 Å². The van der Waals surface area contributed by atoms with Gasteiger partial charge in [-0.25, -0.2) is 0 Å². The molecule has 0 bridgehead atoms. The minimum Gasteiger partial charge on any atom is -0.390 e. The van der Waals surface area contributed by atoms with E-state index in [1.165, 1.54) is 32.4 Å². The second-order valence-electron chi connectivity index (χ2n) is 5.85. The van der Waals surface area contributed by atoms with Gasteiger partial charge in [-0.3, -0.25) is 0 Å². The average molecular weight is 228 g/mol. The minimum absolute atomic E-state index is 0.527. The number of likely N-dealkylation sites (tertiary alicyclic amines) is 1. The van der Waals surface area contributed by atoms with E-state index in [-0.39, 0.29) is 0 Å². The highest BCUT2D eigenvalue weighted by Gasteiger charge is 2.16. The lowest BCUT2D eigenvalue weighted by molar-refractivity contribution is 0.0711. The molecular weight excluding hydrogens is 200 g/mol. The van der Waals surface area contributed by atoms with Gasteiger partial charge in [-0.2, -0.15) is 0 Å². The van der Waals surface area contributed by atoms with Gasteiger partial charge in [-0.15, -0.1) is 0 Å². The lowest BCUT2D eigenvalue weighted by Crippen LogP contribution is -2.32. The molecule has 0 radical (unpaired) electrons. The molecule has 3 heteroatoms. The molecule has 0 saturated carbocycles. The molecule has 96 valence electrons. The third-order valence-corrected chi connectivity index (χ3v) is 3.48. The first-order chi connectivity index (χ1) is 7.47. The van der Waals surface area contributed by atoms with Gasteiger partial charge < -0.3 is 15.3 Å². The van der Waals surface area contributed by atoms with Crippen molar-refractivity contribution in [1.82, 2.24) is 10.2 Å². The van der Waals surface area contributed by atoms with E-state index in [0.717, 1.165) is 25.4 Å². The maximum Gasteiger partial charge on any atom is 0.0603 e. The van der Waals surface area contributed by atoms with Gasteiger partial charge in [0.15, 0.2) is 0 Å². The fourth-order valence-corrected chi connectivity index (χ4v) is 2.18. The number of rotatable bonds is 6. The molecule has 0 unspecified atom stereocenters. The second kappa shape index (κ2) is 6.58. The molecule has 0 aromatic rings. The molecule has 2 N–H and O–H groups in total. The van der Waals surface area contributed by atoms with Gasteiger partial charge in [-0.1, -0.05) is 0 Å². The van der Waals surface area contributed by atoms with Crippen LogP contribution >= 0.6 is 0 Å². The predicted molar refractivity (Wildman–Crippen MR) is 68.6 cm³/mol. The van der Waals surface area contributed by atoms with Crippen molar-refractivity contribution in [3.05, 3.63) is 0 Å². The predicted octanol–water partition coefficient (Wildman–Crippen LogP) is 1.47. The maximum absolute atomic E-state index is 9.55. The minimum atomic E-state index is -0.527. The van der Waals surface area contributed by atoms with Crippen LogP contribution in [0.4, 0.5) is 0 Å². The summed E-state index contributed by atoms with van der Waals surface area (Å²) >= 11 is 0. The lowest BCUT2D eigenvalue weighted by atomic mass is 9.94. The third kappa shape index (κ3) is 6.46. The fraction of sp³-hybridized carbons (Fsp3) is 1.00. The van der Waals surface area contributed by atoms with Crippen LogP contribution in [-0.2, 0) is 0 Å². The van der Waals surface area contributed by atoms with E-state index >= 15 is 0 Å². The van der Waals surface area contributed by atoms with Crippen LogP contribution < -0.4 is 5.32 Å². The molecule has 0 aromatic heterocycles. The summed E-state index contributed by atoms with van der Waals surface area (Å²) in [5, 5.41) is 13.0. The Bertz CT molecular complexity index is 181. The third-order valence-electron chi connectivity index (χ3n) is 3.48. The van der Waals surface area contributed by atoms with Crippen molar-refractivity contribution in [2.75, 3.05) is 33.2 Å². The van der Waals surface area contributed by atoms with Crippen molar-refractivity contribution >= 4 is 0 Å². The van der Waals surface area contributed by atoms with Crippen LogP contribution in [0, 0.1) is 5.92 Å². The van der Waals surface area contributed by atoms with Crippen LogP contribution in [0.5, 0.6) is 0 Å². The zero-order valence-electron chi connectivity index (χ0n) is 11.1.